The molecule has 0 spiro atoms. The summed E-state index contributed by atoms with van der Waals surface area (Å²) in [4.78, 5) is 13.3. The lowest BCUT2D eigenvalue weighted by molar-refractivity contribution is -0.119. The van der Waals surface area contributed by atoms with E-state index in [-0.39, 0.29) is 23.9 Å². The highest BCUT2D eigenvalue weighted by Crippen LogP contribution is 2.33. The summed E-state index contributed by atoms with van der Waals surface area (Å²) >= 11 is 0. The van der Waals surface area contributed by atoms with E-state index in [4.69, 9.17) is 9.47 Å². The maximum absolute atomic E-state index is 14.6. The maximum atomic E-state index is 14.6. The van der Waals surface area contributed by atoms with Crippen LogP contribution in [0, 0.1) is 5.82 Å². The number of hydrogen-bond acceptors (Lipinski definition) is 4. The lowest BCUT2D eigenvalue weighted by Gasteiger charge is -2.25. The van der Waals surface area contributed by atoms with Gasteiger partial charge in [-0.2, -0.15) is 0 Å². The Morgan fingerprint density at radius 3 is 2.61 bits per heavy atom. The molecule has 1 unspecified atom stereocenters. The second-order valence-corrected chi connectivity index (χ2v) is 8.56. The van der Waals surface area contributed by atoms with Crippen molar-refractivity contribution in [2.45, 2.75) is 51.2 Å². The van der Waals surface area contributed by atoms with Gasteiger partial charge < -0.3 is 19.7 Å². The van der Waals surface area contributed by atoms with Crippen LogP contribution in [0.4, 0.5) is 10.1 Å². The van der Waals surface area contributed by atoms with Crippen LogP contribution in [0.25, 0.3) is 0 Å². The van der Waals surface area contributed by atoms with Crippen molar-refractivity contribution in [1.82, 2.24) is 5.32 Å². The molecule has 2 atom stereocenters. The van der Waals surface area contributed by atoms with Crippen molar-refractivity contribution in [2.24, 2.45) is 0 Å². The minimum absolute atomic E-state index is 0.0183. The lowest BCUT2D eigenvalue weighted by Crippen LogP contribution is -2.25. The summed E-state index contributed by atoms with van der Waals surface area (Å²) < 4.78 is 26.2. The van der Waals surface area contributed by atoms with E-state index in [0.29, 0.717) is 18.2 Å². The highest BCUT2D eigenvalue weighted by atomic mass is 19.1. The van der Waals surface area contributed by atoms with Crippen LogP contribution in [-0.4, -0.2) is 38.3 Å². The van der Waals surface area contributed by atoms with Crippen LogP contribution >= 0.6 is 0 Å². The SMILES string of the molecule is CC(=O)N[C@@H](C)c1ccc(OC2CCN(c3cc(C4CCOCC4)ccc3F)C2)cc1. The Labute approximate surface area is 183 Å². The molecule has 2 aromatic carbocycles. The van der Waals surface area contributed by atoms with Crippen molar-refractivity contribution < 1.29 is 18.7 Å². The molecule has 2 saturated heterocycles. The number of carbonyl (C=O) groups excluding carboxylic acids is 1. The smallest absolute Gasteiger partial charge is 0.217 e. The highest BCUT2D eigenvalue weighted by Gasteiger charge is 2.27. The average Bonchev–Trinajstić information content (AvgIpc) is 3.23. The van der Waals surface area contributed by atoms with Gasteiger partial charge in [-0.25, -0.2) is 4.39 Å². The standard InChI is InChI=1S/C25H31FN2O3/c1-17(27-18(2)29)19-3-6-22(7-4-19)31-23-9-12-28(16-23)25-15-21(5-8-24(25)26)20-10-13-30-14-11-20/h3-8,15,17,20,23H,9-14,16H2,1-2H3,(H,27,29)/t17-,23?/m0/s1. The molecule has 1 amide bonds. The summed E-state index contributed by atoms with van der Waals surface area (Å²) in [5.74, 6) is 1.02. The van der Waals surface area contributed by atoms with Crippen LogP contribution < -0.4 is 15.0 Å². The first-order valence-electron chi connectivity index (χ1n) is 11.2. The summed E-state index contributed by atoms with van der Waals surface area (Å²) in [5.41, 5.74) is 2.91. The number of nitrogens with one attached hydrogen (secondary N) is 1. The quantitative estimate of drug-likeness (QED) is 0.735. The maximum Gasteiger partial charge on any atom is 0.217 e. The molecule has 1 N–H and O–H groups in total. The molecule has 0 aliphatic carbocycles. The van der Waals surface area contributed by atoms with Gasteiger partial charge in [0.1, 0.15) is 17.7 Å². The predicted octanol–water partition coefficient (Wildman–Crippen LogP) is 4.57. The number of benzene rings is 2. The van der Waals surface area contributed by atoms with Gasteiger partial charge in [0, 0.05) is 33.1 Å². The number of nitrogens with zero attached hydrogens (tertiary/aromatic N) is 1. The molecule has 31 heavy (non-hydrogen) atoms. The van der Waals surface area contributed by atoms with E-state index >= 15 is 0 Å². The molecule has 166 valence electrons. The molecule has 2 aromatic rings. The molecule has 2 fully saturated rings. The fourth-order valence-electron chi connectivity index (χ4n) is 4.52. The fourth-order valence-corrected chi connectivity index (χ4v) is 4.52. The first-order valence-corrected chi connectivity index (χ1v) is 11.2. The molecule has 2 aliphatic rings. The molecule has 2 heterocycles. The molecule has 2 aliphatic heterocycles. The number of amides is 1. The third kappa shape index (κ3) is 5.37. The molecule has 0 radical (unpaired) electrons. The van der Waals surface area contributed by atoms with Crippen molar-refractivity contribution in [1.29, 1.82) is 0 Å². The van der Waals surface area contributed by atoms with Crippen LogP contribution in [0.5, 0.6) is 5.75 Å². The number of halogens is 1. The average molecular weight is 427 g/mol. The minimum atomic E-state index is -0.173. The Hall–Kier alpha value is -2.60. The molecule has 5 nitrogen and oxygen atoms in total. The lowest BCUT2D eigenvalue weighted by atomic mass is 9.91. The number of carbonyl (C=O) groups is 1. The van der Waals surface area contributed by atoms with Gasteiger partial charge in [0.05, 0.1) is 18.3 Å². The van der Waals surface area contributed by atoms with Gasteiger partial charge in [0.15, 0.2) is 0 Å². The normalized spacial score (nSPS) is 20.5. The zero-order chi connectivity index (χ0) is 21.8. The minimum Gasteiger partial charge on any atom is -0.489 e. The van der Waals surface area contributed by atoms with Crippen molar-refractivity contribution >= 4 is 11.6 Å². The van der Waals surface area contributed by atoms with Crippen LogP contribution in [-0.2, 0) is 9.53 Å². The van der Waals surface area contributed by atoms with Gasteiger partial charge >= 0.3 is 0 Å². The van der Waals surface area contributed by atoms with Crippen LogP contribution in [0.15, 0.2) is 42.5 Å². The van der Waals surface area contributed by atoms with Crippen LogP contribution in [0.3, 0.4) is 0 Å². The zero-order valence-electron chi connectivity index (χ0n) is 18.3. The zero-order valence-corrected chi connectivity index (χ0v) is 18.3. The largest absolute Gasteiger partial charge is 0.489 e. The van der Waals surface area contributed by atoms with Crippen LogP contribution in [0.1, 0.15) is 56.2 Å². The van der Waals surface area contributed by atoms with Gasteiger partial charge in [-0.15, -0.1) is 0 Å². The number of ether oxygens (including phenoxy) is 2. The molecule has 0 aromatic heterocycles. The van der Waals surface area contributed by atoms with E-state index in [0.717, 1.165) is 50.3 Å². The highest BCUT2D eigenvalue weighted by molar-refractivity contribution is 5.73. The first-order chi connectivity index (χ1) is 15.0. The van der Waals surface area contributed by atoms with Crippen molar-refractivity contribution in [3.8, 4) is 5.75 Å². The Kier molecular flexibility index (Phi) is 6.76. The van der Waals surface area contributed by atoms with Gasteiger partial charge in [0.2, 0.25) is 5.91 Å². The second-order valence-electron chi connectivity index (χ2n) is 8.56. The second kappa shape index (κ2) is 9.69. The van der Waals surface area contributed by atoms with E-state index in [1.807, 2.05) is 43.3 Å². The third-order valence-corrected chi connectivity index (χ3v) is 6.25. The third-order valence-electron chi connectivity index (χ3n) is 6.25. The van der Waals surface area contributed by atoms with E-state index in [1.54, 1.807) is 6.07 Å². The predicted molar refractivity (Wildman–Crippen MR) is 119 cm³/mol. The summed E-state index contributed by atoms with van der Waals surface area (Å²) in [7, 11) is 0. The summed E-state index contributed by atoms with van der Waals surface area (Å²) in [6.07, 6.45) is 2.86. The molecule has 4 rings (SSSR count). The number of anilines is 1. The van der Waals surface area contributed by atoms with Crippen molar-refractivity contribution in [2.75, 3.05) is 31.2 Å². The Morgan fingerprint density at radius 2 is 1.90 bits per heavy atom. The van der Waals surface area contributed by atoms with Gasteiger partial charge in [-0.05, 0) is 61.1 Å². The summed E-state index contributed by atoms with van der Waals surface area (Å²) in [5, 5.41) is 2.88. The Morgan fingerprint density at radius 1 is 1.16 bits per heavy atom. The molecule has 0 saturated carbocycles. The Bertz CT molecular complexity index is 896. The Balaban J connectivity index is 1.38. The topological polar surface area (TPSA) is 50.8 Å². The number of hydrogen-bond donors (Lipinski definition) is 1. The van der Waals surface area contributed by atoms with Crippen LogP contribution in [0.2, 0.25) is 0 Å². The molecule has 6 heteroatoms. The van der Waals surface area contributed by atoms with Gasteiger partial charge in [-0.1, -0.05) is 18.2 Å². The molecular weight excluding hydrogens is 395 g/mol. The van der Waals surface area contributed by atoms with E-state index in [2.05, 4.69) is 10.2 Å². The fraction of sp³-hybridized carbons (Fsp3) is 0.480. The van der Waals surface area contributed by atoms with E-state index in [1.165, 1.54) is 12.5 Å². The summed E-state index contributed by atoms with van der Waals surface area (Å²) in [6.45, 7) is 6.46. The first kappa shape index (κ1) is 21.6. The van der Waals surface area contributed by atoms with Gasteiger partial charge in [0.25, 0.3) is 0 Å². The van der Waals surface area contributed by atoms with E-state index in [9.17, 15) is 9.18 Å². The van der Waals surface area contributed by atoms with Crippen molar-refractivity contribution in [3.05, 3.63) is 59.4 Å². The monoisotopic (exact) mass is 426 g/mol. The van der Waals surface area contributed by atoms with E-state index < -0.39 is 0 Å². The molecular formula is C25H31FN2O3. The summed E-state index contributed by atoms with van der Waals surface area (Å²) in [6, 6.07) is 13.3. The van der Waals surface area contributed by atoms with Gasteiger partial charge in [-0.3, -0.25) is 4.79 Å². The van der Waals surface area contributed by atoms with Crippen molar-refractivity contribution in [3.63, 3.8) is 0 Å². The molecule has 0 bridgehead atoms. The number of rotatable bonds is 6.